The van der Waals surface area contributed by atoms with Gasteiger partial charge in [-0.25, -0.2) is 0 Å². The quantitative estimate of drug-likeness (QED) is 0.641. The summed E-state index contributed by atoms with van der Waals surface area (Å²) in [5.74, 6) is 0.591. The molecule has 2 aliphatic rings. The Kier molecular flexibility index (Phi) is 4.03. The number of hydrogen-bond donors (Lipinski definition) is 0. The third kappa shape index (κ3) is 2.68. The molecule has 1 aliphatic heterocycles. The maximum atomic E-state index is 2.77. The zero-order chi connectivity index (χ0) is 16.0. The van der Waals surface area contributed by atoms with Crippen molar-refractivity contribution in [1.82, 2.24) is 0 Å². The fourth-order valence-corrected chi connectivity index (χ4v) is 5.15. The molecular weight excluding hydrogens is 266 g/mol. The van der Waals surface area contributed by atoms with Crippen molar-refractivity contribution in [2.24, 2.45) is 5.41 Å². The van der Waals surface area contributed by atoms with E-state index in [1.807, 2.05) is 0 Å². The van der Waals surface area contributed by atoms with Crippen LogP contribution in [0.3, 0.4) is 0 Å². The highest BCUT2D eigenvalue weighted by atomic mass is 15.2. The minimum absolute atomic E-state index is 0.285. The molecule has 1 saturated carbocycles. The first-order chi connectivity index (χ1) is 10.3. The summed E-state index contributed by atoms with van der Waals surface area (Å²) in [5, 5.41) is 0. The van der Waals surface area contributed by atoms with Gasteiger partial charge in [0, 0.05) is 17.8 Å². The Balaban J connectivity index is 2.01. The summed E-state index contributed by atoms with van der Waals surface area (Å²) in [5.41, 5.74) is 5.38. The summed E-state index contributed by atoms with van der Waals surface area (Å²) < 4.78 is 0. The molecule has 1 spiro atoms. The maximum Gasteiger partial charge on any atom is 0.0435 e. The van der Waals surface area contributed by atoms with Crippen LogP contribution in [-0.4, -0.2) is 12.1 Å². The monoisotopic (exact) mass is 299 g/mol. The highest BCUT2D eigenvalue weighted by molar-refractivity contribution is 5.63. The molecule has 1 heteroatoms. The fraction of sp³-hybridized carbons (Fsp3) is 0.714. The molecule has 3 rings (SSSR count). The summed E-state index contributed by atoms with van der Waals surface area (Å²) in [7, 11) is 0. The van der Waals surface area contributed by atoms with E-state index in [2.05, 4.69) is 57.7 Å². The van der Waals surface area contributed by atoms with Gasteiger partial charge in [-0.3, -0.25) is 0 Å². The lowest BCUT2D eigenvalue weighted by Gasteiger charge is -2.37. The maximum absolute atomic E-state index is 2.77. The SMILES string of the molecule is Cc1cccc(C(C)C)c1N1CC2(CCCCC2)CC1(C)C. The summed E-state index contributed by atoms with van der Waals surface area (Å²) in [6.07, 6.45) is 8.57. The van der Waals surface area contributed by atoms with Gasteiger partial charge >= 0.3 is 0 Å². The van der Waals surface area contributed by atoms with Crippen LogP contribution in [0.15, 0.2) is 18.2 Å². The van der Waals surface area contributed by atoms with Crippen molar-refractivity contribution in [2.45, 2.75) is 84.6 Å². The van der Waals surface area contributed by atoms with Gasteiger partial charge in [0.15, 0.2) is 0 Å². The minimum Gasteiger partial charge on any atom is -0.365 e. The second-order valence-corrected chi connectivity index (χ2v) is 8.80. The summed E-state index contributed by atoms with van der Waals surface area (Å²) in [6, 6.07) is 6.87. The Bertz CT molecular complexity index is 535. The topological polar surface area (TPSA) is 3.24 Å². The molecule has 0 amide bonds. The second kappa shape index (κ2) is 5.58. The first-order valence-corrected chi connectivity index (χ1v) is 9.22. The first-order valence-electron chi connectivity index (χ1n) is 9.22. The van der Waals surface area contributed by atoms with Crippen molar-refractivity contribution in [3.63, 3.8) is 0 Å². The van der Waals surface area contributed by atoms with Crippen LogP contribution in [0.5, 0.6) is 0 Å². The average Bonchev–Trinajstić information content (AvgIpc) is 2.69. The van der Waals surface area contributed by atoms with E-state index in [0.29, 0.717) is 11.3 Å². The zero-order valence-corrected chi connectivity index (χ0v) is 15.2. The van der Waals surface area contributed by atoms with Gasteiger partial charge in [-0.15, -0.1) is 0 Å². The zero-order valence-electron chi connectivity index (χ0n) is 15.2. The van der Waals surface area contributed by atoms with Crippen LogP contribution in [0.4, 0.5) is 5.69 Å². The van der Waals surface area contributed by atoms with Crippen molar-refractivity contribution in [3.8, 4) is 0 Å². The second-order valence-electron chi connectivity index (χ2n) is 8.80. The van der Waals surface area contributed by atoms with E-state index in [1.54, 1.807) is 0 Å². The predicted molar refractivity (Wildman–Crippen MR) is 96.8 cm³/mol. The van der Waals surface area contributed by atoms with Crippen LogP contribution in [-0.2, 0) is 0 Å². The van der Waals surface area contributed by atoms with E-state index in [1.165, 1.54) is 61.9 Å². The molecule has 0 radical (unpaired) electrons. The van der Waals surface area contributed by atoms with Crippen LogP contribution in [0.1, 0.15) is 83.3 Å². The van der Waals surface area contributed by atoms with Crippen LogP contribution >= 0.6 is 0 Å². The normalized spacial score (nSPS) is 23.5. The van der Waals surface area contributed by atoms with Crippen molar-refractivity contribution in [3.05, 3.63) is 29.3 Å². The number of rotatable bonds is 2. The summed E-state index contributed by atoms with van der Waals surface area (Å²) >= 11 is 0. The van der Waals surface area contributed by atoms with Crippen LogP contribution in [0.2, 0.25) is 0 Å². The van der Waals surface area contributed by atoms with Gasteiger partial charge in [-0.05, 0) is 62.5 Å². The Morgan fingerprint density at radius 3 is 2.36 bits per heavy atom. The van der Waals surface area contributed by atoms with Crippen molar-refractivity contribution >= 4 is 5.69 Å². The number of para-hydroxylation sites is 1. The van der Waals surface area contributed by atoms with Crippen LogP contribution in [0.25, 0.3) is 0 Å². The molecule has 0 N–H and O–H groups in total. The Hall–Kier alpha value is -0.980. The Morgan fingerprint density at radius 1 is 1.05 bits per heavy atom. The number of benzene rings is 1. The lowest BCUT2D eigenvalue weighted by atomic mass is 9.71. The van der Waals surface area contributed by atoms with Crippen molar-refractivity contribution in [2.75, 3.05) is 11.4 Å². The highest BCUT2D eigenvalue weighted by Crippen LogP contribution is 2.52. The van der Waals surface area contributed by atoms with Crippen molar-refractivity contribution < 1.29 is 0 Å². The van der Waals surface area contributed by atoms with E-state index in [4.69, 9.17) is 0 Å². The van der Waals surface area contributed by atoms with Gasteiger partial charge in [0.05, 0.1) is 0 Å². The molecule has 0 aromatic heterocycles. The van der Waals surface area contributed by atoms with Gasteiger partial charge in [0.25, 0.3) is 0 Å². The number of anilines is 1. The Labute approximate surface area is 137 Å². The number of nitrogens with zero attached hydrogens (tertiary/aromatic N) is 1. The third-order valence-electron chi connectivity index (χ3n) is 6.11. The van der Waals surface area contributed by atoms with E-state index in [-0.39, 0.29) is 5.54 Å². The molecular formula is C21H33N. The lowest BCUT2D eigenvalue weighted by Crippen LogP contribution is -2.39. The van der Waals surface area contributed by atoms with Crippen molar-refractivity contribution in [1.29, 1.82) is 0 Å². The molecule has 1 aliphatic carbocycles. The molecule has 2 fully saturated rings. The predicted octanol–water partition coefficient (Wildman–Crippen LogP) is 6.06. The van der Waals surface area contributed by atoms with Gasteiger partial charge in [0.2, 0.25) is 0 Å². The lowest BCUT2D eigenvalue weighted by molar-refractivity contribution is 0.204. The van der Waals surface area contributed by atoms with Gasteiger partial charge in [0.1, 0.15) is 0 Å². The van der Waals surface area contributed by atoms with Crippen LogP contribution in [0, 0.1) is 12.3 Å². The first kappa shape index (κ1) is 15.9. The average molecular weight is 300 g/mol. The number of hydrogen-bond acceptors (Lipinski definition) is 1. The van der Waals surface area contributed by atoms with E-state index in [9.17, 15) is 0 Å². The van der Waals surface area contributed by atoms with Gasteiger partial charge in [-0.2, -0.15) is 0 Å². The molecule has 0 atom stereocenters. The molecule has 0 bridgehead atoms. The standard InChI is InChI=1S/C21H33N/c1-16(2)18-11-9-10-17(3)19(18)22-15-21(14-20(22,4)5)12-7-6-8-13-21/h9-11,16H,6-8,12-15H2,1-5H3. The smallest absolute Gasteiger partial charge is 0.0435 e. The molecule has 1 nitrogen and oxygen atoms in total. The van der Waals surface area contributed by atoms with Crippen LogP contribution < -0.4 is 4.90 Å². The van der Waals surface area contributed by atoms with E-state index < -0.39 is 0 Å². The molecule has 1 aromatic rings. The summed E-state index contributed by atoms with van der Waals surface area (Å²) in [4.78, 5) is 2.77. The molecule has 1 heterocycles. The molecule has 122 valence electrons. The van der Waals surface area contributed by atoms with E-state index in [0.717, 1.165) is 0 Å². The van der Waals surface area contributed by atoms with Gasteiger partial charge < -0.3 is 4.90 Å². The largest absolute Gasteiger partial charge is 0.365 e. The third-order valence-corrected chi connectivity index (χ3v) is 6.11. The minimum atomic E-state index is 0.285. The molecule has 22 heavy (non-hydrogen) atoms. The Morgan fingerprint density at radius 2 is 1.73 bits per heavy atom. The van der Waals surface area contributed by atoms with Gasteiger partial charge in [-0.1, -0.05) is 51.3 Å². The van der Waals surface area contributed by atoms with E-state index >= 15 is 0 Å². The molecule has 1 saturated heterocycles. The highest BCUT2D eigenvalue weighted by Gasteiger charge is 2.49. The summed E-state index contributed by atoms with van der Waals surface area (Å²) in [6.45, 7) is 13.2. The fourth-order valence-electron chi connectivity index (χ4n) is 5.15. The molecule has 1 aromatic carbocycles. The number of aryl methyl sites for hydroxylation is 1. The molecule has 0 unspecified atom stereocenters.